The van der Waals surface area contributed by atoms with Crippen LogP contribution in [0.15, 0.2) is 11.6 Å². The van der Waals surface area contributed by atoms with Crippen LogP contribution >= 0.6 is 0 Å². The number of hydrogen-bond donors (Lipinski definition) is 1. The molecule has 3 unspecified atom stereocenters. The largest absolute Gasteiger partial charge is 0.463 e. The summed E-state index contributed by atoms with van der Waals surface area (Å²) in [6, 6.07) is 0. The number of aliphatic hydroxyl groups excluding tert-OH is 1. The van der Waals surface area contributed by atoms with E-state index in [2.05, 4.69) is 33.8 Å². The maximum absolute atomic E-state index is 11.6. The molecule has 0 bridgehead atoms. The molecule has 0 aliphatic heterocycles. The molecule has 3 nitrogen and oxygen atoms in total. The van der Waals surface area contributed by atoms with Gasteiger partial charge in [-0.2, -0.15) is 0 Å². The molecule has 3 atom stereocenters. The number of ether oxygens (including phenoxy) is 1. The Labute approximate surface area is 110 Å². The highest BCUT2D eigenvalue weighted by Crippen LogP contribution is 2.59. The Hall–Kier alpha value is -0.830. The first-order valence-electron chi connectivity index (χ1n) is 6.67. The number of hydrogen-bond acceptors (Lipinski definition) is 3. The van der Waals surface area contributed by atoms with Crippen LogP contribution in [-0.2, 0) is 9.53 Å². The van der Waals surface area contributed by atoms with Gasteiger partial charge in [-0.1, -0.05) is 39.3 Å². The molecule has 0 heterocycles. The topological polar surface area (TPSA) is 46.5 Å². The fourth-order valence-electron chi connectivity index (χ4n) is 2.32. The molecule has 0 spiro atoms. The van der Waals surface area contributed by atoms with Crippen LogP contribution in [0, 0.1) is 23.2 Å². The quantitative estimate of drug-likeness (QED) is 0.606. The van der Waals surface area contributed by atoms with Gasteiger partial charge < -0.3 is 9.84 Å². The molecule has 1 fully saturated rings. The summed E-state index contributed by atoms with van der Waals surface area (Å²) in [5.74, 6) is 0.254. The maximum Gasteiger partial charge on any atom is 0.335 e. The standard InChI is InChI=1S/C15H26O3/c1-9(2)7-11-12(15(11,5)6)8-18-14(17)13(16)10(3)4/h7,10-13,16H,8H2,1-6H3. The van der Waals surface area contributed by atoms with E-state index in [4.69, 9.17) is 4.74 Å². The predicted molar refractivity (Wildman–Crippen MR) is 72.0 cm³/mol. The minimum absolute atomic E-state index is 0.0988. The molecule has 18 heavy (non-hydrogen) atoms. The fourth-order valence-corrected chi connectivity index (χ4v) is 2.32. The van der Waals surface area contributed by atoms with Crippen molar-refractivity contribution in [3.63, 3.8) is 0 Å². The molecule has 0 radical (unpaired) electrons. The second-order valence-corrected chi connectivity index (χ2v) is 6.52. The van der Waals surface area contributed by atoms with Crippen LogP contribution in [0.1, 0.15) is 41.5 Å². The third kappa shape index (κ3) is 3.35. The van der Waals surface area contributed by atoms with E-state index in [1.54, 1.807) is 13.8 Å². The van der Waals surface area contributed by atoms with E-state index >= 15 is 0 Å². The summed E-state index contributed by atoms with van der Waals surface area (Å²) in [6.07, 6.45) is 1.24. The lowest BCUT2D eigenvalue weighted by Gasteiger charge is -2.13. The van der Waals surface area contributed by atoms with E-state index < -0.39 is 12.1 Å². The van der Waals surface area contributed by atoms with Crippen molar-refractivity contribution in [2.45, 2.75) is 47.6 Å². The molecule has 1 aliphatic rings. The number of esters is 1. The van der Waals surface area contributed by atoms with Crippen LogP contribution in [0.2, 0.25) is 0 Å². The zero-order valence-electron chi connectivity index (χ0n) is 12.4. The van der Waals surface area contributed by atoms with Crippen molar-refractivity contribution in [2.75, 3.05) is 6.61 Å². The summed E-state index contributed by atoms with van der Waals surface area (Å²) in [5, 5.41) is 9.58. The molecule has 0 saturated heterocycles. The van der Waals surface area contributed by atoms with Crippen LogP contribution < -0.4 is 0 Å². The molecule has 0 aromatic heterocycles. The van der Waals surface area contributed by atoms with Gasteiger partial charge in [0.05, 0.1) is 6.61 Å². The smallest absolute Gasteiger partial charge is 0.335 e. The average Bonchev–Trinajstić information content (AvgIpc) is 2.74. The van der Waals surface area contributed by atoms with E-state index in [0.717, 1.165) is 0 Å². The second kappa shape index (κ2) is 5.43. The molecule has 0 aromatic rings. The summed E-state index contributed by atoms with van der Waals surface area (Å²) in [7, 11) is 0. The third-order valence-corrected chi connectivity index (χ3v) is 3.93. The van der Waals surface area contributed by atoms with Crippen molar-refractivity contribution < 1.29 is 14.6 Å². The molecule has 1 N–H and O–H groups in total. The van der Waals surface area contributed by atoms with Crippen LogP contribution in [-0.4, -0.2) is 23.8 Å². The minimum atomic E-state index is -1.01. The van der Waals surface area contributed by atoms with Gasteiger partial charge in [0.1, 0.15) is 0 Å². The first kappa shape index (κ1) is 15.2. The van der Waals surface area contributed by atoms with E-state index in [1.807, 2.05) is 0 Å². The number of rotatable bonds is 5. The maximum atomic E-state index is 11.6. The fraction of sp³-hybridized carbons (Fsp3) is 0.800. The van der Waals surface area contributed by atoms with Crippen molar-refractivity contribution in [3.8, 4) is 0 Å². The highest BCUT2D eigenvalue weighted by Gasteiger charge is 2.56. The Bertz CT molecular complexity index is 338. The Morgan fingerprint density at radius 1 is 1.39 bits per heavy atom. The van der Waals surface area contributed by atoms with Crippen LogP contribution in [0.5, 0.6) is 0 Å². The number of carbonyl (C=O) groups is 1. The highest BCUT2D eigenvalue weighted by atomic mass is 16.5. The Morgan fingerprint density at radius 3 is 2.39 bits per heavy atom. The second-order valence-electron chi connectivity index (χ2n) is 6.52. The summed E-state index contributed by atoms with van der Waals surface area (Å²) >= 11 is 0. The molecule has 0 amide bonds. The Balaban J connectivity index is 2.46. The molecule has 1 saturated carbocycles. The van der Waals surface area contributed by atoms with Gasteiger partial charge in [0.25, 0.3) is 0 Å². The van der Waals surface area contributed by atoms with Gasteiger partial charge in [0, 0.05) is 5.92 Å². The monoisotopic (exact) mass is 254 g/mol. The summed E-state index contributed by atoms with van der Waals surface area (Å²) in [6.45, 7) is 12.6. The van der Waals surface area contributed by atoms with E-state index in [0.29, 0.717) is 18.4 Å². The summed E-state index contributed by atoms with van der Waals surface area (Å²) in [4.78, 5) is 11.6. The molecule has 1 rings (SSSR count). The minimum Gasteiger partial charge on any atom is -0.463 e. The van der Waals surface area contributed by atoms with E-state index in [1.165, 1.54) is 5.57 Å². The lowest BCUT2D eigenvalue weighted by Crippen LogP contribution is -2.29. The predicted octanol–water partition coefficient (Wildman–Crippen LogP) is 2.78. The number of aliphatic hydroxyl groups is 1. The zero-order valence-corrected chi connectivity index (χ0v) is 12.4. The number of allylic oxidation sites excluding steroid dienone is 2. The van der Waals surface area contributed by atoms with Gasteiger partial charge in [0.15, 0.2) is 6.10 Å². The molecule has 1 aliphatic carbocycles. The molecule has 104 valence electrons. The van der Waals surface area contributed by atoms with Crippen LogP contribution in [0.4, 0.5) is 0 Å². The van der Waals surface area contributed by atoms with Crippen LogP contribution in [0.3, 0.4) is 0 Å². The zero-order chi connectivity index (χ0) is 14.1. The van der Waals surface area contributed by atoms with Gasteiger partial charge >= 0.3 is 5.97 Å². The summed E-state index contributed by atoms with van der Waals surface area (Å²) < 4.78 is 5.22. The first-order valence-corrected chi connectivity index (χ1v) is 6.67. The van der Waals surface area contributed by atoms with Crippen molar-refractivity contribution in [1.29, 1.82) is 0 Å². The Kier molecular flexibility index (Phi) is 4.60. The van der Waals surface area contributed by atoms with Gasteiger partial charge in [-0.3, -0.25) is 0 Å². The lowest BCUT2D eigenvalue weighted by atomic mass is 10.1. The van der Waals surface area contributed by atoms with Crippen LogP contribution in [0.25, 0.3) is 0 Å². The summed E-state index contributed by atoms with van der Waals surface area (Å²) in [5.41, 5.74) is 1.49. The third-order valence-electron chi connectivity index (χ3n) is 3.93. The molecule has 3 heteroatoms. The first-order chi connectivity index (χ1) is 8.17. The molecular formula is C15H26O3. The number of carbonyl (C=O) groups excluding carboxylic acids is 1. The van der Waals surface area contributed by atoms with Gasteiger partial charge in [0.2, 0.25) is 0 Å². The van der Waals surface area contributed by atoms with E-state index in [9.17, 15) is 9.90 Å². The molecule has 0 aromatic carbocycles. The van der Waals surface area contributed by atoms with Crippen molar-refractivity contribution in [3.05, 3.63) is 11.6 Å². The van der Waals surface area contributed by atoms with Gasteiger partial charge in [-0.05, 0) is 31.1 Å². The van der Waals surface area contributed by atoms with Crippen molar-refractivity contribution >= 4 is 5.97 Å². The Morgan fingerprint density at radius 2 is 1.94 bits per heavy atom. The van der Waals surface area contributed by atoms with Gasteiger partial charge in [-0.15, -0.1) is 0 Å². The van der Waals surface area contributed by atoms with Gasteiger partial charge in [-0.25, -0.2) is 4.79 Å². The lowest BCUT2D eigenvalue weighted by molar-refractivity contribution is -0.156. The highest BCUT2D eigenvalue weighted by molar-refractivity contribution is 5.74. The van der Waals surface area contributed by atoms with Crippen molar-refractivity contribution in [1.82, 2.24) is 0 Å². The van der Waals surface area contributed by atoms with E-state index in [-0.39, 0.29) is 11.3 Å². The van der Waals surface area contributed by atoms with Crippen molar-refractivity contribution in [2.24, 2.45) is 23.2 Å². The SMILES string of the molecule is CC(C)=CC1C(COC(=O)C(O)C(C)C)C1(C)C. The molecular weight excluding hydrogens is 228 g/mol. The normalized spacial score (nSPS) is 26.7. The average molecular weight is 254 g/mol.